The molecular formula is C12H17N3O3S2. The Kier molecular flexibility index (Phi) is 3.70. The molecule has 1 saturated heterocycles. The van der Waals surface area contributed by atoms with E-state index >= 15 is 0 Å². The van der Waals surface area contributed by atoms with Crippen LogP contribution in [0, 0.1) is 0 Å². The highest BCUT2D eigenvalue weighted by Crippen LogP contribution is 2.23. The highest BCUT2D eigenvalue weighted by molar-refractivity contribution is 7.91. The smallest absolute Gasteiger partial charge is 0.237 e. The molecule has 0 bridgehead atoms. The van der Waals surface area contributed by atoms with Crippen molar-refractivity contribution in [2.75, 3.05) is 18.6 Å². The van der Waals surface area contributed by atoms with Crippen molar-refractivity contribution in [2.24, 2.45) is 0 Å². The number of hydrogen-bond acceptors (Lipinski definition) is 6. The third-order valence-electron chi connectivity index (χ3n) is 3.54. The van der Waals surface area contributed by atoms with Crippen molar-refractivity contribution in [1.29, 1.82) is 0 Å². The molecule has 1 N–H and O–H groups in total. The monoisotopic (exact) mass is 315 g/mol. The number of thiazole rings is 1. The van der Waals surface area contributed by atoms with Crippen LogP contribution in [0.5, 0.6) is 5.88 Å². The molecular weight excluding hydrogens is 298 g/mol. The standard InChI is InChI=1S/C12H17N3O3S2/c1-18-11-10(15-4-5-19-12(15)14-11)7-13-9-3-2-6-20(16,17)8-9/h4-5,9,13H,2-3,6-8H2,1H3. The summed E-state index contributed by atoms with van der Waals surface area (Å²) in [6.07, 6.45) is 3.58. The second-order valence-electron chi connectivity index (χ2n) is 4.96. The van der Waals surface area contributed by atoms with Gasteiger partial charge in [0, 0.05) is 24.2 Å². The van der Waals surface area contributed by atoms with Crippen LogP contribution in [0.2, 0.25) is 0 Å². The number of fused-ring (bicyclic) bond motifs is 1. The maximum Gasteiger partial charge on any atom is 0.237 e. The summed E-state index contributed by atoms with van der Waals surface area (Å²) in [6.45, 7) is 0.557. The number of imidazole rings is 1. The molecule has 3 rings (SSSR count). The molecule has 2 aromatic heterocycles. The minimum Gasteiger partial charge on any atom is -0.480 e. The fourth-order valence-corrected chi connectivity index (χ4v) is 4.96. The summed E-state index contributed by atoms with van der Waals surface area (Å²) in [5, 5.41) is 5.29. The van der Waals surface area contributed by atoms with E-state index in [4.69, 9.17) is 4.74 Å². The van der Waals surface area contributed by atoms with E-state index in [1.165, 1.54) is 0 Å². The van der Waals surface area contributed by atoms with Gasteiger partial charge >= 0.3 is 0 Å². The van der Waals surface area contributed by atoms with Gasteiger partial charge in [-0.25, -0.2) is 8.42 Å². The van der Waals surface area contributed by atoms with Crippen molar-refractivity contribution in [1.82, 2.24) is 14.7 Å². The molecule has 110 valence electrons. The molecule has 3 heterocycles. The Morgan fingerprint density at radius 3 is 3.20 bits per heavy atom. The molecule has 1 aliphatic rings. The molecule has 0 aromatic carbocycles. The second kappa shape index (κ2) is 5.34. The highest BCUT2D eigenvalue weighted by Gasteiger charge is 2.25. The Balaban J connectivity index is 1.74. The van der Waals surface area contributed by atoms with Gasteiger partial charge in [0.05, 0.1) is 18.6 Å². The second-order valence-corrected chi connectivity index (χ2v) is 8.06. The van der Waals surface area contributed by atoms with Crippen LogP contribution in [0.1, 0.15) is 18.5 Å². The highest BCUT2D eigenvalue weighted by atomic mass is 32.2. The zero-order valence-electron chi connectivity index (χ0n) is 11.2. The first-order valence-electron chi connectivity index (χ1n) is 6.51. The Bertz CT molecular complexity index is 705. The zero-order valence-corrected chi connectivity index (χ0v) is 12.8. The normalized spacial score (nSPS) is 22.1. The van der Waals surface area contributed by atoms with Crippen LogP contribution in [0.15, 0.2) is 11.6 Å². The fraction of sp³-hybridized carbons (Fsp3) is 0.583. The molecule has 0 spiro atoms. The van der Waals surface area contributed by atoms with E-state index in [1.807, 2.05) is 16.0 Å². The largest absolute Gasteiger partial charge is 0.480 e. The average Bonchev–Trinajstić information content (AvgIpc) is 2.95. The number of sulfone groups is 1. The van der Waals surface area contributed by atoms with E-state index in [-0.39, 0.29) is 11.8 Å². The first kappa shape index (κ1) is 13.8. The fourth-order valence-electron chi connectivity index (χ4n) is 2.56. The van der Waals surface area contributed by atoms with Crippen molar-refractivity contribution < 1.29 is 13.2 Å². The molecule has 0 saturated carbocycles. The SMILES string of the molecule is COc1nc2sccn2c1CNC1CCCS(=O)(=O)C1. The van der Waals surface area contributed by atoms with Crippen molar-refractivity contribution in [3.8, 4) is 5.88 Å². The molecule has 0 radical (unpaired) electrons. The van der Waals surface area contributed by atoms with Crippen molar-refractivity contribution >= 4 is 26.1 Å². The molecule has 1 unspecified atom stereocenters. The van der Waals surface area contributed by atoms with E-state index in [2.05, 4.69) is 10.3 Å². The van der Waals surface area contributed by atoms with E-state index < -0.39 is 9.84 Å². The Morgan fingerprint density at radius 2 is 2.45 bits per heavy atom. The van der Waals surface area contributed by atoms with Gasteiger partial charge in [-0.2, -0.15) is 4.98 Å². The van der Waals surface area contributed by atoms with E-state index in [9.17, 15) is 8.42 Å². The Morgan fingerprint density at radius 1 is 1.60 bits per heavy atom. The first-order chi connectivity index (χ1) is 9.59. The van der Waals surface area contributed by atoms with Crippen molar-refractivity contribution in [3.05, 3.63) is 17.3 Å². The van der Waals surface area contributed by atoms with Gasteiger partial charge < -0.3 is 10.1 Å². The molecule has 1 atom stereocenters. The molecule has 0 amide bonds. The lowest BCUT2D eigenvalue weighted by Crippen LogP contribution is -2.39. The van der Waals surface area contributed by atoms with Crippen LogP contribution in [0.3, 0.4) is 0 Å². The maximum atomic E-state index is 11.6. The quantitative estimate of drug-likeness (QED) is 0.914. The molecule has 6 nitrogen and oxygen atoms in total. The van der Waals surface area contributed by atoms with Gasteiger partial charge in [-0.1, -0.05) is 0 Å². The maximum absolute atomic E-state index is 11.6. The number of methoxy groups -OCH3 is 1. The predicted molar refractivity (Wildman–Crippen MR) is 78.1 cm³/mol. The Hall–Kier alpha value is -1.12. The van der Waals surface area contributed by atoms with Crippen LogP contribution in [-0.2, 0) is 16.4 Å². The summed E-state index contributed by atoms with van der Waals surface area (Å²) in [4.78, 5) is 5.27. The molecule has 0 aliphatic carbocycles. The van der Waals surface area contributed by atoms with Crippen LogP contribution >= 0.6 is 11.3 Å². The minimum absolute atomic E-state index is 0.0163. The van der Waals surface area contributed by atoms with Crippen LogP contribution in [-0.4, -0.2) is 42.5 Å². The molecule has 1 fully saturated rings. The van der Waals surface area contributed by atoms with Gasteiger partial charge in [-0.15, -0.1) is 11.3 Å². The van der Waals surface area contributed by atoms with Crippen LogP contribution < -0.4 is 10.1 Å². The summed E-state index contributed by atoms with van der Waals surface area (Å²) < 4.78 is 30.5. The number of nitrogens with zero attached hydrogens (tertiary/aromatic N) is 2. The van der Waals surface area contributed by atoms with Crippen molar-refractivity contribution in [3.63, 3.8) is 0 Å². The number of hydrogen-bond donors (Lipinski definition) is 1. The van der Waals surface area contributed by atoms with Crippen molar-refractivity contribution in [2.45, 2.75) is 25.4 Å². The molecule has 8 heteroatoms. The first-order valence-corrected chi connectivity index (χ1v) is 9.21. The summed E-state index contributed by atoms with van der Waals surface area (Å²) in [5.41, 5.74) is 0.937. The predicted octanol–water partition coefficient (Wildman–Crippen LogP) is 1.07. The van der Waals surface area contributed by atoms with E-state index in [1.54, 1.807) is 18.4 Å². The Labute approximate surface area is 121 Å². The van der Waals surface area contributed by atoms with Gasteiger partial charge in [0.2, 0.25) is 5.88 Å². The lowest BCUT2D eigenvalue weighted by molar-refractivity contribution is 0.389. The van der Waals surface area contributed by atoms with Gasteiger partial charge in [0.1, 0.15) is 5.69 Å². The molecule has 20 heavy (non-hydrogen) atoms. The lowest BCUT2D eigenvalue weighted by Gasteiger charge is -2.23. The van der Waals surface area contributed by atoms with Crippen LogP contribution in [0.25, 0.3) is 4.96 Å². The summed E-state index contributed by atoms with van der Waals surface area (Å²) in [5.74, 6) is 1.14. The molecule has 2 aromatic rings. The van der Waals surface area contributed by atoms with Gasteiger partial charge in [-0.05, 0) is 12.8 Å². The topological polar surface area (TPSA) is 72.7 Å². The summed E-state index contributed by atoms with van der Waals surface area (Å²) in [6, 6.07) is 0.0163. The number of aromatic nitrogens is 2. The van der Waals surface area contributed by atoms with E-state index in [0.717, 1.165) is 23.5 Å². The lowest BCUT2D eigenvalue weighted by atomic mass is 10.2. The number of rotatable bonds is 4. The third kappa shape index (κ3) is 2.68. The third-order valence-corrected chi connectivity index (χ3v) is 6.12. The zero-order chi connectivity index (χ0) is 14.2. The number of ether oxygens (including phenoxy) is 1. The minimum atomic E-state index is -2.88. The summed E-state index contributed by atoms with van der Waals surface area (Å²) in [7, 11) is -1.29. The molecule has 1 aliphatic heterocycles. The van der Waals surface area contributed by atoms with Gasteiger partial charge in [-0.3, -0.25) is 4.40 Å². The van der Waals surface area contributed by atoms with Gasteiger partial charge in [0.15, 0.2) is 14.8 Å². The number of nitrogens with one attached hydrogen (secondary N) is 1. The average molecular weight is 315 g/mol. The summed E-state index contributed by atoms with van der Waals surface area (Å²) >= 11 is 1.55. The van der Waals surface area contributed by atoms with Gasteiger partial charge in [0.25, 0.3) is 0 Å². The van der Waals surface area contributed by atoms with Crippen LogP contribution in [0.4, 0.5) is 0 Å². The van der Waals surface area contributed by atoms with E-state index in [0.29, 0.717) is 18.2 Å².